The maximum atomic E-state index is 12.4. The van der Waals surface area contributed by atoms with Gasteiger partial charge in [0.1, 0.15) is 0 Å². The molecule has 2 heterocycles. The third kappa shape index (κ3) is 3.29. The first kappa shape index (κ1) is 15.6. The summed E-state index contributed by atoms with van der Waals surface area (Å²) >= 11 is 0.725. The predicted molar refractivity (Wildman–Crippen MR) is 74.5 cm³/mol. The van der Waals surface area contributed by atoms with Gasteiger partial charge in [-0.1, -0.05) is 11.3 Å². The molecular formula is C11H18N2O5S2. The van der Waals surface area contributed by atoms with Gasteiger partial charge >= 0.3 is 4.87 Å². The van der Waals surface area contributed by atoms with Crippen molar-refractivity contribution < 1.29 is 18.3 Å². The molecule has 0 aromatic carbocycles. The second kappa shape index (κ2) is 6.35. The van der Waals surface area contributed by atoms with E-state index < -0.39 is 10.0 Å². The van der Waals surface area contributed by atoms with E-state index in [1.54, 1.807) is 6.92 Å². The van der Waals surface area contributed by atoms with Crippen molar-refractivity contribution in [3.05, 3.63) is 15.4 Å². The number of ether oxygens (including phenoxy) is 1. The van der Waals surface area contributed by atoms with Crippen LogP contribution in [0, 0.1) is 6.92 Å². The summed E-state index contributed by atoms with van der Waals surface area (Å²) in [5, 5.41) is 8.70. The largest absolute Gasteiger partial charge is 0.394 e. The number of aromatic nitrogens is 1. The molecule has 7 nitrogen and oxygen atoms in total. The zero-order valence-electron chi connectivity index (χ0n) is 11.2. The Hall–Kier alpha value is -0.740. The number of H-pyrrole nitrogens is 1. The van der Waals surface area contributed by atoms with Crippen LogP contribution in [0.2, 0.25) is 0 Å². The smallest absolute Gasteiger partial charge is 0.305 e. The minimum absolute atomic E-state index is 0.0142. The van der Waals surface area contributed by atoms with Gasteiger partial charge in [0.15, 0.2) is 4.21 Å². The molecule has 0 radical (unpaired) electrons. The van der Waals surface area contributed by atoms with Gasteiger partial charge in [-0.25, -0.2) is 8.42 Å². The Morgan fingerprint density at radius 3 is 2.60 bits per heavy atom. The summed E-state index contributed by atoms with van der Waals surface area (Å²) in [7, 11) is -3.60. The van der Waals surface area contributed by atoms with E-state index >= 15 is 0 Å². The molecule has 1 aliphatic heterocycles. The highest BCUT2D eigenvalue weighted by atomic mass is 32.2. The van der Waals surface area contributed by atoms with Gasteiger partial charge in [0.05, 0.1) is 19.3 Å². The number of sulfonamides is 1. The molecule has 0 saturated carbocycles. The monoisotopic (exact) mass is 322 g/mol. The summed E-state index contributed by atoms with van der Waals surface area (Å²) < 4.78 is 31.8. The van der Waals surface area contributed by atoms with Gasteiger partial charge in [-0.2, -0.15) is 4.31 Å². The second-order valence-electron chi connectivity index (χ2n) is 4.62. The zero-order valence-corrected chi connectivity index (χ0v) is 12.8. The summed E-state index contributed by atoms with van der Waals surface area (Å²) in [6.45, 7) is 2.56. The van der Waals surface area contributed by atoms with Gasteiger partial charge in [-0.3, -0.25) is 4.79 Å². The van der Waals surface area contributed by atoms with Crippen LogP contribution in [-0.4, -0.2) is 55.2 Å². The Morgan fingerprint density at radius 2 is 2.10 bits per heavy atom. The second-order valence-corrected chi connectivity index (χ2v) is 7.74. The quantitative estimate of drug-likeness (QED) is 0.789. The molecule has 1 saturated heterocycles. The SMILES string of the molecule is Cc1[nH]c(=O)sc1S(=O)(=O)N1CCC(OCCO)CC1. The maximum Gasteiger partial charge on any atom is 0.305 e. The van der Waals surface area contributed by atoms with E-state index in [0.29, 0.717) is 31.6 Å². The normalized spacial score (nSPS) is 18.5. The number of aromatic amines is 1. The maximum absolute atomic E-state index is 12.4. The number of rotatable bonds is 5. The minimum atomic E-state index is -3.60. The molecule has 0 bridgehead atoms. The number of aliphatic hydroxyl groups excluding tert-OH is 1. The Bertz CT molecular complexity index is 599. The minimum Gasteiger partial charge on any atom is -0.394 e. The summed E-state index contributed by atoms with van der Waals surface area (Å²) in [6.07, 6.45) is 1.18. The molecule has 1 aliphatic rings. The fourth-order valence-corrected chi connectivity index (χ4v) is 5.12. The highest BCUT2D eigenvalue weighted by molar-refractivity contribution is 7.91. The number of piperidine rings is 1. The van der Waals surface area contributed by atoms with Crippen LogP contribution in [0.5, 0.6) is 0 Å². The Labute approximate surface area is 121 Å². The lowest BCUT2D eigenvalue weighted by atomic mass is 10.1. The molecule has 2 rings (SSSR count). The standard InChI is InChI=1S/C11H18N2O5S2/c1-8-10(19-11(15)12-8)20(16,17)13-4-2-9(3-5-13)18-7-6-14/h9,14H,2-7H2,1H3,(H,12,15). The van der Waals surface area contributed by atoms with E-state index in [-0.39, 0.29) is 28.4 Å². The number of aliphatic hydroxyl groups is 1. The molecule has 1 aromatic heterocycles. The fraction of sp³-hybridized carbons (Fsp3) is 0.727. The molecule has 114 valence electrons. The molecule has 0 amide bonds. The topological polar surface area (TPSA) is 99.7 Å². The molecular weight excluding hydrogens is 304 g/mol. The van der Waals surface area contributed by atoms with Crippen molar-refractivity contribution in [3.8, 4) is 0 Å². The van der Waals surface area contributed by atoms with Crippen LogP contribution in [0.3, 0.4) is 0 Å². The molecule has 20 heavy (non-hydrogen) atoms. The molecule has 1 aromatic rings. The average molecular weight is 322 g/mol. The third-order valence-corrected chi connectivity index (χ3v) is 6.68. The third-order valence-electron chi connectivity index (χ3n) is 3.20. The number of thiazole rings is 1. The van der Waals surface area contributed by atoms with Crippen molar-refractivity contribution in [1.82, 2.24) is 9.29 Å². The Morgan fingerprint density at radius 1 is 1.45 bits per heavy atom. The van der Waals surface area contributed by atoms with Crippen molar-refractivity contribution >= 4 is 21.4 Å². The van der Waals surface area contributed by atoms with E-state index in [4.69, 9.17) is 9.84 Å². The van der Waals surface area contributed by atoms with Gasteiger partial charge in [-0.15, -0.1) is 0 Å². The Kier molecular flexibility index (Phi) is 4.97. The van der Waals surface area contributed by atoms with E-state index in [9.17, 15) is 13.2 Å². The molecule has 1 fully saturated rings. The van der Waals surface area contributed by atoms with Crippen molar-refractivity contribution in [1.29, 1.82) is 0 Å². The van der Waals surface area contributed by atoms with E-state index in [0.717, 1.165) is 11.3 Å². The lowest BCUT2D eigenvalue weighted by Crippen LogP contribution is -2.41. The molecule has 9 heteroatoms. The number of nitrogens with one attached hydrogen (secondary N) is 1. The number of hydrogen-bond acceptors (Lipinski definition) is 6. The van der Waals surface area contributed by atoms with Crippen LogP contribution < -0.4 is 4.87 Å². The van der Waals surface area contributed by atoms with Gasteiger partial charge in [0.25, 0.3) is 10.0 Å². The van der Waals surface area contributed by atoms with Gasteiger partial charge in [0.2, 0.25) is 0 Å². The van der Waals surface area contributed by atoms with Crippen molar-refractivity contribution in [2.24, 2.45) is 0 Å². The predicted octanol–water partition coefficient (Wildman–Crippen LogP) is -0.0932. The first-order valence-electron chi connectivity index (χ1n) is 6.37. The van der Waals surface area contributed by atoms with Crippen molar-refractivity contribution in [2.45, 2.75) is 30.1 Å². The highest BCUT2D eigenvalue weighted by Crippen LogP contribution is 2.25. The molecule has 0 aliphatic carbocycles. The van der Waals surface area contributed by atoms with E-state index in [2.05, 4.69) is 4.98 Å². The number of aryl methyl sites for hydroxylation is 1. The van der Waals surface area contributed by atoms with Crippen LogP contribution in [0.4, 0.5) is 0 Å². The van der Waals surface area contributed by atoms with E-state index in [1.807, 2.05) is 0 Å². The van der Waals surface area contributed by atoms with Gasteiger partial charge in [-0.05, 0) is 19.8 Å². The van der Waals surface area contributed by atoms with Crippen LogP contribution in [-0.2, 0) is 14.8 Å². The fourth-order valence-electron chi connectivity index (χ4n) is 2.21. The van der Waals surface area contributed by atoms with Crippen molar-refractivity contribution in [3.63, 3.8) is 0 Å². The number of hydrogen-bond donors (Lipinski definition) is 2. The zero-order chi connectivity index (χ0) is 14.8. The first-order valence-corrected chi connectivity index (χ1v) is 8.63. The summed E-state index contributed by atoms with van der Waals surface area (Å²) in [5.41, 5.74) is 0.388. The first-order chi connectivity index (χ1) is 9.45. The lowest BCUT2D eigenvalue weighted by molar-refractivity contribution is 0.00320. The van der Waals surface area contributed by atoms with Crippen LogP contribution in [0.1, 0.15) is 18.5 Å². The van der Waals surface area contributed by atoms with Crippen LogP contribution in [0.15, 0.2) is 9.00 Å². The highest BCUT2D eigenvalue weighted by Gasteiger charge is 2.32. The van der Waals surface area contributed by atoms with E-state index in [1.165, 1.54) is 4.31 Å². The number of nitrogens with zero attached hydrogens (tertiary/aromatic N) is 1. The summed E-state index contributed by atoms with van der Waals surface area (Å²) in [5.74, 6) is 0. The van der Waals surface area contributed by atoms with Crippen LogP contribution >= 0.6 is 11.3 Å². The summed E-state index contributed by atoms with van der Waals surface area (Å²) in [6, 6.07) is 0. The van der Waals surface area contributed by atoms with Crippen LogP contribution in [0.25, 0.3) is 0 Å². The Balaban J connectivity index is 2.06. The van der Waals surface area contributed by atoms with Gasteiger partial charge < -0.3 is 14.8 Å². The molecule has 2 N–H and O–H groups in total. The summed E-state index contributed by atoms with van der Waals surface area (Å²) in [4.78, 5) is 13.4. The average Bonchev–Trinajstić information content (AvgIpc) is 2.76. The molecule has 0 atom stereocenters. The van der Waals surface area contributed by atoms with Gasteiger partial charge in [0, 0.05) is 18.8 Å². The van der Waals surface area contributed by atoms with Crippen molar-refractivity contribution in [2.75, 3.05) is 26.3 Å². The molecule has 0 unspecified atom stereocenters. The lowest BCUT2D eigenvalue weighted by Gasteiger charge is -2.30. The molecule has 0 spiro atoms.